The quantitative estimate of drug-likeness (QED) is 0.0880. The SMILES string of the molecule is COC(=O)C(C)(C)c1cccc(B2OC(C)(C)C(C)(C)O2)c1.COc1c(C)nc2ccccc2c1C(=O)Cl.FC(F)(F)c1ccc(CNCc2ccc(Br)cc2)o1. The number of carbonyl (C=O) groups is 2. The fraction of sp³-hybridized carbons (Fsp3) is 0.357. The van der Waals surface area contributed by atoms with Crippen LogP contribution in [0.5, 0.6) is 5.75 Å². The number of hydrogen-bond donors (Lipinski definition) is 1. The average Bonchev–Trinajstić information content (AvgIpc) is 3.73. The van der Waals surface area contributed by atoms with Crippen LogP contribution in [0.1, 0.15) is 80.2 Å². The number of benzene rings is 3. The predicted octanol–water partition coefficient (Wildman–Crippen LogP) is 9.72. The maximum Gasteiger partial charge on any atom is 0.494 e. The molecule has 2 aromatic heterocycles. The standard InChI is InChI=1S/C17H25BO4.C13H11BrF3NO.C12H10ClNO2/c1-15(2,14(19)20-7)12-9-8-10-13(11-12)18-21-16(3,4)17(5,6)22-18;14-10-3-1-9(2-4-10)7-18-8-11-5-6-12(19-11)13(15,16)17;1-7-11(16-2)10(12(13)15)8-5-3-4-6-9(8)14-7/h8-11H,1-7H3;1-6,18H,7-8H2;3-6H,1-2H3. The van der Waals surface area contributed by atoms with E-state index in [1.54, 1.807) is 13.0 Å². The maximum atomic E-state index is 12.3. The third-order valence-electron chi connectivity index (χ3n) is 9.73. The average molecular weight is 874 g/mol. The Hall–Kier alpha value is -4.21. The van der Waals surface area contributed by atoms with E-state index in [0.29, 0.717) is 28.9 Å². The minimum Gasteiger partial charge on any atom is -0.494 e. The molecule has 3 aromatic carbocycles. The van der Waals surface area contributed by atoms with Crippen molar-refractivity contribution in [2.75, 3.05) is 14.2 Å². The van der Waals surface area contributed by atoms with Gasteiger partial charge in [-0.05, 0) is 107 Å². The number of aryl methyl sites for hydroxylation is 1. The second-order valence-corrected chi connectivity index (χ2v) is 16.0. The lowest BCUT2D eigenvalue weighted by atomic mass is 9.75. The minimum absolute atomic E-state index is 0.256. The molecule has 304 valence electrons. The van der Waals surface area contributed by atoms with Crippen molar-refractivity contribution in [2.45, 2.75) is 84.3 Å². The van der Waals surface area contributed by atoms with Crippen LogP contribution in [0.15, 0.2) is 93.8 Å². The van der Waals surface area contributed by atoms with E-state index in [4.69, 9.17) is 34.8 Å². The number of methoxy groups -OCH3 is 2. The van der Waals surface area contributed by atoms with Gasteiger partial charge in [0.1, 0.15) is 5.76 Å². The fourth-order valence-electron chi connectivity index (χ4n) is 5.75. The van der Waals surface area contributed by atoms with Gasteiger partial charge in [-0.1, -0.05) is 70.5 Å². The highest BCUT2D eigenvalue weighted by molar-refractivity contribution is 9.10. The summed E-state index contributed by atoms with van der Waals surface area (Å²) in [4.78, 5) is 27.8. The smallest absolute Gasteiger partial charge is 0.494 e. The molecule has 1 N–H and O–H groups in total. The summed E-state index contributed by atoms with van der Waals surface area (Å²) in [5, 5.41) is 3.21. The highest BCUT2D eigenvalue weighted by Crippen LogP contribution is 2.37. The third kappa shape index (κ3) is 11.3. The molecule has 5 aromatic rings. The molecule has 1 aliphatic heterocycles. The van der Waals surface area contributed by atoms with E-state index in [1.807, 2.05) is 108 Å². The molecule has 3 heterocycles. The molecule has 0 unspecified atom stereocenters. The van der Waals surface area contributed by atoms with E-state index < -0.39 is 29.7 Å². The normalized spacial score (nSPS) is 14.6. The van der Waals surface area contributed by atoms with Crippen LogP contribution < -0.4 is 15.5 Å². The van der Waals surface area contributed by atoms with E-state index in [0.717, 1.165) is 32.6 Å². The Kier molecular flexibility index (Phi) is 14.8. The summed E-state index contributed by atoms with van der Waals surface area (Å²) in [6.45, 7) is 14.4. The van der Waals surface area contributed by atoms with Gasteiger partial charge in [0, 0.05) is 16.4 Å². The van der Waals surface area contributed by atoms with Gasteiger partial charge in [-0.25, -0.2) is 4.98 Å². The second-order valence-electron chi connectivity index (χ2n) is 14.7. The van der Waals surface area contributed by atoms with Crippen LogP contribution in [0, 0.1) is 6.92 Å². The molecule has 0 amide bonds. The molecule has 57 heavy (non-hydrogen) atoms. The van der Waals surface area contributed by atoms with E-state index >= 15 is 0 Å². The van der Waals surface area contributed by atoms with Gasteiger partial charge in [0.05, 0.1) is 54.2 Å². The van der Waals surface area contributed by atoms with Crippen molar-refractivity contribution in [3.05, 3.63) is 123 Å². The summed E-state index contributed by atoms with van der Waals surface area (Å²) in [5.41, 5.74) is 3.14. The van der Waals surface area contributed by atoms with Crippen LogP contribution in [0.4, 0.5) is 13.2 Å². The maximum absolute atomic E-state index is 12.3. The van der Waals surface area contributed by atoms with Crippen LogP contribution in [0.2, 0.25) is 0 Å². The van der Waals surface area contributed by atoms with Crippen molar-refractivity contribution in [1.29, 1.82) is 0 Å². The number of nitrogens with one attached hydrogen (secondary N) is 1. The molecule has 1 saturated heterocycles. The number of aromatic nitrogens is 1. The van der Waals surface area contributed by atoms with Crippen molar-refractivity contribution in [3.63, 3.8) is 0 Å². The number of halogens is 5. The van der Waals surface area contributed by atoms with E-state index in [9.17, 15) is 22.8 Å². The van der Waals surface area contributed by atoms with Gasteiger partial charge in [-0.2, -0.15) is 13.2 Å². The number of pyridine rings is 1. The highest BCUT2D eigenvalue weighted by atomic mass is 79.9. The van der Waals surface area contributed by atoms with Gasteiger partial charge in [0.15, 0.2) is 5.75 Å². The molecule has 1 fully saturated rings. The second kappa shape index (κ2) is 18.6. The number of carbonyl (C=O) groups excluding carboxylic acids is 2. The number of ether oxygens (including phenoxy) is 2. The number of rotatable bonds is 9. The lowest BCUT2D eigenvalue weighted by Gasteiger charge is -2.32. The first-order valence-electron chi connectivity index (χ1n) is 17.9. The van der Waals surface area contributed by atoms with Crippen molar-refractivity contribution in [2.24, 2.45) is 0 Å². The van der Waals surface area contributed by atoms with Crippen LogP contribution in [-0.2, 0) is 43.5 Å². The summed E-state index contributed by atoms with van der Waals surface area (Å²) < 4.78 is 64.8. The monoisotopic (exact) mass is 872 g/mol. The molecule has 15 heteroatoms. The van der Waals surface area contributed by atoms with Crippen LogP contribution in [-0.4, -0.2) is 48.7 Å². The number of para-hydroxylation sites is 1. The summed E-state index contributed by atoms with van der Waals surface area (Å²) in [6.07, 6.45) is -4.43. The van der Waals surface area contributed by atoms with Gasteiger partial charge >= 0.3 is 19.3 Å². The zero-order valence-corrected chi connectivity index (χ0v) is 35.6. The largest absolute Gasteiger partial charge is 0.494 e. The number of hydrogen-bond acceptors (Lipinski definition) is 9. The van der Waals surface area contributed by atoms with Crippen molar-refractivity contribution < 1.29 is 46.0 Å². The molecule has 6 rings (SSSR count). The molecule has 0 aliphatic carbocycles. The summed E-state index contributed by atoms with van der Waals surface area (Å²) in [7, 11) is 2.47. The van der Waals surface area contributed by atoms with Crippen molar-refractivity contribution in [3.8, 4) is 5.75 Å². The first-order valence-corrected chi connectivity index (χ1v) is 19.1. The molecular formula is C42H46BBrClF3N2O7. The summed E-state index contributed by atoms with van der Waals surface area (Å²) >= 11 is 8.92. The number of nitrogens with zero attached hydrogens (tertiary/aromatic N) is 1. The Bertz CT molecular complexity index is 2160. The number of fused-ring (bicyclic) bond motifs is 1. The molecule has 0 saturated carbocycles. The van der Waals surface area contributed by atoms with Crippen LogP contribution >= 0.6 is 27.5 Å². The summed E-state index contributed by atoms with van der Waals surface area (Å²) in [5.74, 6) is -0.519. The minimum atomic E-state index is -4.43. The molecule has 9 nitrogen and oxygen atoms in total. The van der Waals surface area contributed by atoms with Crippen LogP contribution in [0.3, 0.4) is 0 Å². The number of alkyl halides is 3. The summed E-state index contributed by atoms with van der Waals surface area (Å²) in [6, 6.07) is 25.0. The molecule has 0 atom stereocenters. The zero-order chi connectivity index (χ0) is 42.3. The van der Waals surface area contributed by atoms with Crippen molar-refractivity contribution >= 4 is 62.2 Å². The van der Waals surface area contributed by atoms with Gasteiger partial charge in [-0.3, -0.25) is 9.59 Å². The van der Waals surface area contributed by atoms with E-state index in [1.165, 1.54) is 20.3 Å². The molecule has 0 radical (unpaired) electrons. The van der Waals surface area contributed by atoms with Gasteiger partial charge in [-0.15, -0.1) is 0 Å². The van der Waals surface area contributed by atoms with Gasteiger partial charge < -0.3 is 28.5 Å². The van der Waals surface area contributed by atoms with Gasteiger partial charge in [0.2, 0.25) is 5.76 Å². The Morgan fingerprint density at radius 3 is 2.09 bits per heavy atom. The molecule has 0 bridgehead atoms. The number of furan rings is 1. The first kappa shape index (κ1) is 45.5. The topological polar surface area (TPSA) is 109 Å². The molecule has 1 aliphatic rings. The third-order valence-corrected chi connectivity index (χ3v) is 10.4. The Morgan fingerprint density at radius 2 is 1.53 bits per heavy atom. The Morgan fingerprint density at radius 1 is 0.895 bits per heavy atom. The molecular weight excluding hydrogens is 828 g/mol. The Labute approximate surface area is 344 Å². The Balaban J connectivity index is 0.000000192. The van der Waals surface area contributed by atoms with Crippen LogP contribution in [0.25, 0.3) is 10.9 Å². The predicted molar refractivity (Wildman–Crippen MR) is 219 cm³/mol. The number of esters is 1. The van der Waals surface area contributed by atoms with E-state index in [2.05, 4.69) is 26.2 Å². The first-order chi connectivity index (χ1) is 26.6. The highest BCUT2D eigenvalue weighted by Gasteiger charge is 2.52. The van der Waals surface area contributed by atoms with Crippen molar-refractivity contribution in [1.82, 2.24) is 10.3 Å². The zero-order valence-electron chi connectivity index (χ0n) is 33.3. The lowest BCUT2D eigenvalue weighted by Crippen LogP contribution is -2.41. The fourth-order valence-corrected chi connectivity index (χ4v) is 6.20. The molecule has 0 spiro atoms. The van der Waals surface area contributed by atoms with E-state index in [-0.39, 0.29) is 29.5 Å². The lowest BCUT2D eigenvalue weighted by molar-refractivity contribution is -0.153. The van der Waals surface area contributed by atoms with Gasteiger partial charge in [0.25, 0.3) is 5.24 Å².